The van der Waals surface area contributed by atoms with Crippen molar-refractivity contribution in [2.45, 2.75) is 57.9 Å². The van der Waals surface area contributed by atoms with Gasteiger partial charge in [-0.15, -0.1) is 0 Å². The Labute approximate surface area is 277 Å². The summed E-state index contributed by atoms with van der Waals surface area (Å²) < 4.78 is 5.32. The van der Waals surface area contributed by atoms with Gasteiger partial charge in [0.2, 0.25) is 5.91 Å². The van der Waals surface area contributed by atoms with Crippen LogP contribution in [0.15, 0.2) is 42.5 Å². The van der Waals surface area contributed by atoms with Gasteiger partial charge in [-0.3, -0.25) is 24.2 Å². The number of anilines is 2. The molecule has 3 amide bonds. The maximum absolute atomic E-state index is 13.3. The van der Waals surface area contributed by atoms with Crippen LogP contribution < -0.4 is 15.1 Å². The number of piperidine rings is 1. The number of imide groups is 1. The summed E-state index contributed by atoms with van der Waals surface area (Å²) in [5, 5.41) is 2.51. The van der Waals surface area contributed by atoms with Crippen LogP contribution in [0.3, 0.4) is 0 Å². The molecule has 0 radical (unpaired) electrons. The first kappa shape index (κ1) is 34.1. The average Bonchev–Trinajstić information content (AvgIpc) is 3.36. The normalized spacial score (nSPS) is 17.9. The van der Waals surface area contributed by atoms with Crippen LogP contribution in [0.4, 0.5) is 11.4 Å². The molecule has 0 aliphatic carbocycles. The Hall–Kier alpha value is -4.25. The Morgan fingerprint density at radius 2 is 1.57 bits per heavy atom. The van der Waals surface area contributed by atoms with E-state index in [1.54, 1.807) is 12.1 Å². The van der Waals surface area contributed by atoms with E-state index in [1.165, 1.54) is 7.05 Å². The number of amides is 3. The predicted molar refractivity (Wildman–Crippen MR) is 180 cm³/mol. The second kappa shape index (κ2) is 16.0. The number of fused-ring (bicyclic) bond motifs is 1. The number of hydrogen-bond donors (Lipinski definition) is 1. The molecule has 252 valence electrons. The van der Waals surface area contributed by atoms with Crippen LogP contribution in [-0.4, -0.2) is 105 Å². The van der Waals surface area contributed by atoms with Crippen molar-refractivity contribution < 1.29 is 28.7 Å². The van der Waals surface area contributed by atoms with Gasteiger partial charge >= 0.3 is 5.97 Å². The number of ether oxygens (including phenoxy) is 1. The van der Waals surface area contributed by atoms with Gasteiger partial charge in [0, 0.05) is 64.1 Å². The van der Waals surface area contributed by atoms with Crippen molar-refractivity contribution in [1.29, 1.82) is 0 Å². The van der Waals surface area contributed by atoms with Gasteiger partial charge in [-0.2, -0.15) is 0 Å². The Morgan fingerprint density at radius 1 is 0.915 bits per heavy atom. The smallest absolute Gasteiger partial charge is 0.338 e. The quantitative estimate of drug-likeness (QED) is 0.142. The van der Waals surface area contributed by atoms with Crippen LogP contribution >= 0.6 is 0 Å². The summed E-state index contributed by atoms with van der Waals surface area (Å²) in [7, 11) is 1.45. The van der Waals surface area contributed by atoms with Crippen LogP contribution in [0.5, 0.6) is 0 Å². The molecule has 1 atom stereocenters. The zero-order chi connectivity index (χ0) is 33.3. The highest BCUT2D eigenvalue weighted by molar-refractivity contribution is 6.23. The highest BCUT2D eigenvalue weighted by Gasteiger charge is 2.42. The Kier molecular flexibility index (Phi) is 11.6. The molecule has 2 aromatic carbocycles. The number of hydrogen-bond acceptors (Lipinski definition) is 9. The van der Waals surface area contributed by atoms with Crippen molar-refractivity contribution in [2.75, 3.05) is 69.3 Å². The third-order valence-corrected chi connectivity index (χ3v) is 9.72. The summed E-state index contributed by atoms with van der Waals surface area (Å²) >= 11 is 0. The molecule has 0 spiro atoms. The first-order valence-corrected chi connectivity index (χ1v) is 17.0. The summed E-state index contributed by atoms with van der Waals surface area (Å²) in [6.07, 6.45) is 6.20. The number of carbonyl (C=O) groups excluding carboxylic acids is 5. The van der Waals surface area contributed by atoms with E-state index >= 15 is 0 Å². The number of rotatable bonds is 14. The van der Waals surface area contributed by atoms with Crippen LogP contribution in [0.1, 0.15) is 82.9 Å². The van der Waals surface area contributed by atoms with E-state index in [4.69, 9.17) is 4.74 Å². The molecule has 0 bridgehead atoms. The number of piperazine rings is 1. The fourth-order valence-corrected chi connectivity index (χ4v) is 6.77. The number of likely N-dealkylation sites (N-methyl/N-ethyl adjacent to an activating group) is 1. The van der Waals surface area contributed by atoms with E-state index in [0.29, 0.717) is 35.5 Å². The van der Waals surface area contributed by atoms with Gasteiger partial charge in [0.1, 0.15) is 12.3 Å². The summed E-state index contributed by atoms with van der Waals surface area (Å²) in [4.78, 5) is 70.2. The largest absolute Gasteiger partial charge is 0.462 e. The maximum Gasteiger partial charge on any atom is 0.338 e. The zero-order valence-electron chi connectivity index (χ0n) is 27.6. The number of aldehydes is 1. The fraction of sp³-hybridized carbons (Fsp3) is 0.528. The van der Waals surface area contributed by atoms with Gasteiger partial charge in [0.15, 0.2) is 0 Å². The van der Waals surface area contributed by atoms with Gasteiger partial charge in [-0.05, 0) is 87.0 Å². The molecule has 11 heteroatoms. The minimum Gasteiger partial charge on any atom is -0.462 e. The molecule has 5 rings (SSSR count). The Morgan fingerprint density at radius 3 is 2.23 bits per heavy atom. The molecule has 0 aromatic heterocycles. The third kappa shape index (κ3) is 8.01. The summed E-state index contributed by atoms with van der Waals surface area (Å²) in [5.41, 5.74) is 3.25. The number of nitrogens with one attached hydrogen (secondary N) is 1. The molecule has 11 nitrogen and oxygen atoms in total. The topological polar surface area (TPSA) is 120 Å². The molecule has 3 aliphatic heterocycles. The lowest BCUT2D eigenvalue weighted by molar-refractivity contribution is -0.124. The molecule has 3 aliphatic rings. The lowest BCUT2D eigenvalue weighted by atomic mass is 9.93. The second-order valence-electron chi connectivity index (χ2n) is 12.7. The summed E-state index contributed by atoms with van der Waals surface area (Å²) in [6.45, 7) is 9.11. The molecular formula is C36H47N5O6. The number of esters is 1. The molecule has 2 aromatic rings. The minimum atomic E-state index is -1.02. The third-order valence-electron chi connectivity index (χ3n) is 9.72. The van der Waals surface area contributed by atoms with E-state index in [-0.39, 0.29) is 18.8 Å². The molecule has 3 heterocycles. The van der Waals surface area contributed by atoms with Crippen molar-refractivity contribution in [3.05, 3.63) is 59.2 Å². The lowest BCUT2D eigenvalue weighted by Crippen LogP contribution is -2.48. The lowest BCUT2D eigenvalue weighted by Gasteiger charge is -2.38. The van der Waals surface area contributed by atoms with Crippen molar-refractivity contribution in [3.63, 3.8) is 0 Å². The molecular weight excluding hydrogens is 598 g/mol. The SMILES string of the molecule is CCCCOC(=O)c1ccc(N2CCC(CCN3CCN(c4ccc5c(c4)C(=O)N(C(CCC=O)C(=O)NC)C5=O)CC3)CC2)cc1. The molecule has 2 fully saturated rings. The molecule has 47 heavy (non-hydrogen) atoms. The minimum absolute atomic E-state index is 0.0779. The van der Waals surface area contributed by atoms with Crippen molar-refractivity contribution in [2.24, 2.45) is 5.92 Å². The monoisotopic (exact) mass is 645 g/mol. The molecule has 1 unspecified atom stereocenters. The van der Waals surface area contributed by atoms with Gasteiger partial charge in [-0.25, -0.2) is 4.79 Å². The molecule has 1 N–H and O–H groups in total. The summed E-state index contributed by atoms with van der Waals surface area (Å²) in [5.74, 6) is -1.02. The van der Waals surface area contributed by atoms with E-state index in [1.807, 2.05) is 30.3 Å². The van der Waals surface area contributed by atoms with E-state index in [9.17, 15) is 24.0 Å². The van der Waals surface area contributed by atoms with Crippen molar-refractivity contribution in [3.8, 4) is 0 Å². The first-order valence-electron chi connectivity index (χ1n) is 17.0. The van der Waals surface area contributed by atoms with Crippen molar-refractivity contribution in [1.82, 2.24) is 15.1 Å². The van der Waals surface area contributed by atoms with Gasteiger partial charge in [-0.1, -0.05) is 13.3 Å². The van der Waals surface area contributed by atoms with Crippen LogP contribution in [0.25, 0.3) is 0 Å². The zero-order valence-corrected chi connectivity index (χ0v) is 27.6. The highest BCUT2D eigenvalue weighted by Crippen LogP contribution is 2.31. The first-order chi connectivity index (χ1) is 22.8. The molecule has 0 saturated carbocycles. The molecule has 2 saturated heterocycles. The van der Waals surface area contributed by atoms with E-state index < -0.39 is 23.8 Å². The number of benzene rings is 2. The van der Waals surface area contributed by atoms with Gasteiger partial charge < -0.3 is 24.6 Å². The van der Waals surface area contributed by atoms with Crippen molar-refractivity contribution >= 4 is 41.4 Å². The Balaban J connectivity index is 1.07. The predicted octanol–water partition coefficient (Wildman–Crippen LogP) is 3.76. The number of carbonyl (C=O) groups is 5. The van der Waals surface area contributed by atoms with E-state index in [0.717, 1.165) is 94.2 Å². The second-order valence-corrected chi connectivity index (χ2v) is 12.7. The van der Waals surface area contributed by atoms with Crippen LogP contribution in [-0.2, 0) is 14.3 Å². The van der Waals surface area contributed by atoms with Crippen LogP contribution in [0.2, 0.25) is 0 Å². The van der Waals surface area contributed by atoms with Crippen LogP contribution in [0, 0.1) is 5.92 Å². The Bertz CT molecular complexity index is 1430. The number of nitrogens with zero attached hydrogens (tertiary/aromatic N) is 4. The van der Waals surface area contributed by atoms with Gasteiger partial charge in [0.05, 0.1) is 23.3 Å². The average molecular weight is 646 g/mol. The number of unbranched alkanes of at least 4 members (excludes halogenated alkanes) is 1. The van der Waals surface area contributed by atoms with Gasteiger partial charge in [0.25, 0.3) is 11.8 Å². The fourth-order valence-electron chi connectivity index (χ4n) is 6.77. The van der Waals surface area contributed by atoms with E-state index in [2.05, 4.69) is 26.9 Å². The summed E-state index contributed by atoms with van der Waals surface area (Å²) in [6, 6.07) is 12.1. The maximum atomic E-state index is 13.3. The standard InChI is InChI=1S/C36H47N5O6/c1-3-4-24-47-36(46)27-7-9-28(10-8-27)39-17-14-26(15-18-39)13-16-38-19-21-40(22-20-38)29-11-12-30-31(25-29)35(45)41(34(30)44)32(6-5-23-42)33(43)37-2/h7-12,23,25-26,32H,3-6,13-22,24H2,1-2H3,(H,37,43). The highest BCUT2D eigenvalue weighted by atomic mass is 16.5.